The first-order chi connectivity index (χ1) is 7.81. The number of carbonyl (C=O) groups is 1. The van der Waals surface area contributed by atoms with Crippen LogP contribution in [-0.4, -0.2) is 55.7 Å². The highest BCUT2D eigenvalue weighted by molar-refractivity contribution is 5.83. The Morgan fingerprint density at radius 3 is 2.56 bits per heavy atom. The van der Waals surface area contributed by atoms with Crippen molar-refractivity contribution in [1.82, 2.24) is 4.90 Å². The van der Waals surface area contributed by atoms with E-state index in [1.54, 1.807) is 0 Å². The maximum Gasteiger partial charge on any atom is 0.152 e. The monoisotopic (exact) mass is 225 g/mol. The van der Waals surface area contributed by atoms with Gasteiger partial charge in [-0.25, -0.2) is 0 Å². The quantitative estimate of drug-likeness (QED) is 0.699. The number of likely N-dealkylation sites (tertiary alicyclic amines) is 1. The van der Waals surface area contributed by atoms with Crippen molar-refractivity contribution in [3.8, 4) is 0 Å². The van der Waals surface area contributed by atoms with Gasteiger partial charge in [-0.1, -0.05) is 0 Å². The number of ether oxygens (including phenoxy) is 2. The number of fused-ring (bicyclic) bond motifs is 2. The van der Waals surface area contributed by atoms with Crippen molar-refractivity contribution in [2.45, 2.75) is 31.5 Å². The van der Waals surface area contributed by atoms with Crippen molar-refractivity contribution in [1.29, 1.82) is 0 Å². The summed E-state index contributed by atoms with van der Waals surface area (Å²) in [6.07, 6.45) is 4.01. The zero-order valence-electron chi connectivity index (χ0n) is 9.56. The fourth-order valence-electron chi connectivity index (χ4n) is 2.97. The van der Waals surface area contributed by atoms with Crippen LogP contribution in [0.2, 0.25) is 0 Å². The lowest BCUT2D eigenvalue weighted by Gasteiger charge is -2.31. The van der Waals surface area contributed by atoms with E-state index in [9.17, 15) is 4.79 Å². The molecule has 3 atom stereocenters. The Morgan fingerprint density at radius 1 is 1.19 bits per heavy atom. The number of Topliss-reactive ketones (excluding diaryl/α,β-unsaturated/α-hetero) is 1. The van der Waals surface area contributed by atoms with Crippen LogP contribution in [0.25, 0.3) is 0 Å². The molecule has 16 heavy (non-hydrogen) atoms. The van der Waals surface area contributed by atoms with Crippen molar-refractivity contribution in [3.05, 3.63) is 0 Å². The molecule has 4 nitrogen and oxygen atoms in total. The van der Waals surface area contributed by atoms with E-state index in [1.165, 1.54) is 12.8 Å². The maximum atomic E-state index is 12.0. The second-order valence-electron chi connectivity index (χ2n) is 5.18. The molecular formula is C12H19NO3. The average Bonchev–Trinajstić information content (AvgIpc) is 2.88. The molecule has 3 unspecified atom stereocenters. The third kappa shape index (κ3) is 2.14. The zero-order valence-corrected chi connectivity index (χ0v) is 9.56. The van der Waals surface area contributed by atoms with Crippen molar-refractivity contribution in [2.24, 2.45) is 5.92 Å². The van der Waals surface area contributed by atoms with E-state index in [4.69, 9.17) is 9.47 Å². The Balaban J connectivity index is 1.52. The number of carbonyl (C=O) groups excluding carboxylic acids is 1. The van der Waals surface area contributed by atoms with Gasteiger partial charge >= 0.3 is 0 Å². The van der Waals surface area contributed by atoms with Gasteiger partial charge in [-0.2, -0.15) is 0 Å². The SMILES string of the molecule is O=C(CN1CC2CCC(C1)O2)C1CCOC1. The van der Waals surface area contributed by atoms with E-state index in [0.717, 1.165) is 26.1 Å². The third-order valence-corrected chi connectivity index (χ3v) is 3.88. The van der Waals surface area contributed by atoms with Gasteiger partial charge in [0.25, 0.3) is 0 Å². The van der Waals surface area contributed by atoms with E-state index >= 15 is 0 Å². The lowest BCUT2D eigenvalue weighted by atomic mass is 10.0. The molecule has 0 aliphatic carbocycles. The number of ketones is 1. The summed E-state index contributed by atoms with van der Waals surface area (Å²) in [6, 6.07) is 0. The second-order valence-corrected chi connectivity index (χ2v) is 5.18. The molecule has 90 valence electrons. The largest absolute Gasteiger partial charge is 0.381 e. The predicted octanol–water partition coefficient (Wildman–Crippen LogP) is 0.455. The molecule has 4 heteroatoms. The summed E-state index contributed by atoms with van der Waals surface area (Å²) >= 11 is 0. The molecule has 3 rings (SSSR count). The summed E-state index contributed by atoms with van der Waals surface area (Å²) < 4.78 is 11.0. The molecule has 2 bridgehead atoms. The minimum absolute atomic E-state index is 0.153. The summed E-state index contributed by atoms with van der Waals surface area (Å²) in [5.74, 6) is 0.513. The molecule has 0 aromatic rings. The number of rotatable bonds is 3. The number of nitrogens with zero attached hydrogens (tertiary/aromatic N) is 1. The fourth-order valence-corrected chi connectivity index (χ4v) is 2.97. The Bertz CT molecular complexity index is 263. The molecule has 3 fully saturated rings. The van der Waals surface area contributed by atoms with Gasteiger partial charge in [-0.05, 0) is 19.3 Å². The van der Waals surface area contributed by atoms with Crippen molar-refractivity contribution in [3.63, 3.8) is 0 Å². The van der Waals surface area contributed by atoms with Crippen LogP contribution >= 0.6 is 0 Å². The van der Waals surface area contributed by atoms with Gasteiger partial charge in [0.05, 0.1) is 25.4 Å². The molecule has 0 N–H and O–H groups in total. The van der Waals surface area contributed by atoms with Gasteiger partial charge in [0, 0.05) is 25.6 Å². The summed E-state index contributed by atoms with van der Waals surface area (Å²) in [4.78, 5) is 14.3. The van der Waals surface area contributed by atoms with E-state index in [0.29, 0.717) is 31.1 Å². The zero-order chi connectivity index (χ0) is 11.0. The molecule has 0 amide bonds. The van der Waals surface area contributed by atoms with E-state index in [1.807, 2.05) is 0 Å². The van der Waals surface area contributed by atoms with Crippen molar-refractivity contribution < 1.29 is 14.3 Å². The van der Waals surface area contributed by atoms with Gasteiger partial charge in [0.15, 0.2) is 5.78 Å². The maximum absolute atomic E-state index is 12.0. The lowest BCUT2D eigenvalue weighted by Crippen LogP contribution is -2.45. The Kier molecular flexibility index (Phi) is 2.96. The van der Waals surface area contributed by atoms with Crippen LogP contribution in [0.4, 0.5) is 0 Å². The first kappa shape index (κ1) is 10.7. The lowest BCUT2D eigenvalue weighted by molar-refractivity contribution is -0.126. The number of morpholine rings is 1. The molecule has 0 aromatic heterocycles. The molecule has 3 saturated heterocycles. The topological polar surface area (TPSA) is 38.8 Å². The average molecular weight is 225 g/mol. The molecule has 0 saturated carbocycles. The first-order valence-electron chi connectivity index (χ1n) is 6.29. The first-order valence-corrected chi connectivity index (χ1v) is 6.29. The highest BCUT2D eigenvalue weighted by Gasteiger charge is 2.35. The number of hydrogen-bond donors (Lipinski definition) is 0. The third-order valence-electron chi connectivity index (χ3n) is 3.88. The van der Waals surface area contributed by atoms with Crippen LogP contribution in [-0.2, 0) is 14.3 Å². The molecule has 0 radical (unpaired) electrons. The van der Waals surface area contributed by atoms with E-state index in [-0.39, 0.29) is 5.92 Å². The minimum atomic E-state index is 0.153. The Morgan fingerprint density at radius 2 is 1.94 bits per heavy atom. The predicted molar refractivity (Wildman–Crippen MR) is 58.3 cm³/mol. The fraction of sp³-hybridized carbons (Fsp3) is 0.917. The standard InChI is InChI=1S/C12H19NO3/c14-12(9-3-4-15-8-9)7-13-5-10-1-2-11(6-13)16-10/h9-11H,1-8H2. The van der Waals surface area contributed by atoms with E-state index in [2.05, 4.69) is 4.90 Å². The number of hydrogen-bond acceptors (Lipinski definition) is 4. The molecule has 0 aromatic carbocycles. The van der Waals surface area contributed by atoms with Gasteiger partial charge in [-0.15, -0.1) is 0 Å². The van der Waals surface area contributed by atoms with Gasteiger partial charge in [0.2, 0.25) is 0 Å². The molecule has 3 aliphatic heterocycles. The summed E-state index contributed by atoms with van der Waals surface area (Å²) in [5.41, 5.74) is 0. The van der Waals surface area contributed by atoms with Crippen LogP contribution in [0.15, 0.2) is 0 Å². The molecule has 0 spiro atoms. The van der Waals surface area contributed by atoms with Crippen molar-refractivity contribution >= 4 is 5.78 Å². The minimum Gasteiger partial charge on any atom is -0.381 e. The van der Waals surface area contributed by atoms with Crippen LogP contribution in [0.5, 0.6) is 0 Å². The Hall–Kier alpha value is -0.450. The summed E-state index contributed by atoms with van der Waals surface area (Å²) in [5, 5.41) is 0. The van der Waals surface area contributed by atoms with Crippen LogP contribution < -0.4 is 0 Å². The molecule has 3 heterocycles. The van der Waals surface area contributed by atoms with E-state index < -0.39 is 0 Å². The summed E-state index contributed by atoms with van der Waals surface area (Å²) in [6.45, 7) is 3.87. The van der Waals surface area contributed by atoms with Crippen LogP contribution in [0, 0.1) is 5.92 Å². The summed E-state index contributed by atoms with van der Waals surface area (Å²) in [7, 11) is 0. The van der Waals surface area contributed by atoms with Gasteiger partial charge < -0.3 is 9.47 Å². The molecular weight excluding hydrogens is 206 g/mol. The van der Waals surface area contributed by atoms with Crippen LogP contribution in [0.3, 0.4) is 0 Å². The second kappa shape index (κ2) is 4.43. The highest BCUT2D eigenvalue weighted by atomic mass is 16.5. The Labute approximate surface area is 95.9 Å². The van der Waals surface area contributed by atoms with Crippen LogP contribution in [0.1, 0.15) is 19.3 Å². The highest BCUT2D eigenvalue weighted by Crippen LogP contribution is 2.26. The normalized spacial score (nSPS) is 39.1. The van der Waals surface area contributed by atoms with Gasteiger partial charge in [-0.3, -0.25) is 9.69 Å². The van der Waals surface area contributed by atoms with Crippen molar-refractivity contribution in [2.75, 3.05) is 32.8 Å². The van der Waals surface area contributed by atoms with Gasteiger partial charge in [0.1, 0.15) is 0 Å². The molecule has 3 aliphatic rings. The smallest absolute Gasteiger partial charge is 0.152 e.